The second-order valence-electron chi connectivity index (χ2n) is 4.49. The number of nitrogens with zero attached hydrogens (tertiary/aromatic N) is 1. The maximum Gasteiger partial charge on any atom is 0.373 e. The van der Waals surface area contributed by atoms with Crippen LogP contribution in [0.5, 0.6) is 0 Å². The molecular weight excluding hydrogens is 284 g/mol. The van der Waals surface area contributed by atoms with Gasteiger partial charge in [0.15, 0.2) is 0 Å². The third-order valence-corrected chi connectivity index (χ3v) is 7.15. The number of rotatable bonds is 3. The third kappa shape index (κ3) is 1.89. The zero-order valence-electron chi connectivity index (χ0n) is 9.43. The molecule has 0 aromatic carbocycles. The van der Waals surface area contributed by atoms with E-state index in [4.69, 9.17) is 19.6 Å². The molecule has 0 bridgehead atoms. The van der Waals surface area contributed by atoms with Gasteiger partial charge in [-0.05, 0) is 19.3 Å². The van der Waals surface area contributed by atoms with Crippen molar-refractivity contribution in [1.29, 1.82) is 0 Å². The fourth-order valence-electron chi connectivity index (χ4n) is 2.59. The van der Waals surface area contributed by atoms with Gasteiger partial charge in [0, 0.05) is 24.4 Å². The van der Waals surface area contributed by atoms with Crippen LogP contribution in [-0.4, -0.2) is 47.8 Å². The van der Waals surface area contributed by atoms with Crippen LogP contribution in [0, 0.1) is 0 Å². The van der Waals surface area contributed by atoms with Crippen molar-refractivity contribution in [2.45, 2.75) is 24.3 Å². The van der Waals surface area contributed by atoms with Crippen LogP contribution in [0.25, 0.3) is 0 Å². The van der Waals surface area contributed by atoms with E-state index in [9.17, 15) is 14.2 Å². The molecule has 2 heterocycles. The highest BCUT2D eigenvalue weighted by atomic mass is 31.2. The molecule has 0 aromatic heterocycles. The second kappa shape index (κ2) is 4.15. The standard InChI is InChI=1S/C8H15NO7P2/c10-8(17(11,12)13,18(14,15)16)6-3-5-9-4-1-2-7(6)9/h10H,1-5H2,(H2,11,12,13)(H2,14,15,16). The lowest BCUT2D eigenvalue weighted by atomic mass is 10.1. The average Bonchev–Trinajstić information content (AvgIpc) is 2.72. The lowest BCUT2D eigenvalue weighted by Crippen LogP contribution is -2.31. The second-order valence-corrected chi connectivity index (χ2v) is 8.31. The molecule has 0 saturated carbocycles. The summed E-state index contributed by atoms with van der Waals surface area (Å²) >= 11 is 0. The summed E-state index contributed by atoms with van der Waals surface area (Å²) in [5.41, 5.74) is 0.255. The summed E-state index contributed by atoms with van der Waals surface area (Å²) in [6, 6.07) is 0. The number of allylic oxidation sites excluding steroid dienone is 1. The molecule has 2 aliphatic rings. The molecule has 0 atom stereocenters. The zero-order chi connectivity index (χ0) is 13.8. The summed E-state index contributed by atoms with van der Waals surface area (Å²) in [4.78, 5) is 38.5. The smallest absolute Gasteiger partial charge is 0.373 e. The Bertz CT molecular complexity index is 468. The number of hydrogen-bond donors (Lipinski definition) is 5. The first-order valence-corrected chi connectivity index (χ1v) is 8.62. The van der Waals surface area contributed by atoms with Crippen LogP contribution in [0.1, 0.15) is 19.3 Å². The quantitative estimate of drug-likeness (QED) is 0.449. The molecular formula is C8H15NO7P2. The molecule has 0 unspecified atom stereocenters. The molecule has 8 nitrogen and oxygen atoms in total. The topological polar surface area (TPSA) is 139 Å². The number of aliphatic hydroxyl groups is 1. The minimum atomic E-state index is -5.40. The third-order valence-electron chi connectivity index (χ3n) is 3.42. The highest BCUT2D eigenvalue weighted by Crippen LogP contribution is 2.72. The first-order chi connectivity index (χ1) is 8.09. The van der Waals surface area contributed by atoms with Crippen molar-refractivity contribution in [3.05, 3.63) is 11.3 Å². The Hall–Kier alpha value is -0.200. The van der Waals surface area contributed by atoms with Crippen molar-refractivity contribution in [2.24, 2.45) is 0 Å². The normalized spacial score (nSPS) is 21.7. The highest BCUT2D eigenvalue weighted by Gasteiger charge is 2.63. The average molecular weight is 299 g/mol. The van der Waals surface area contributed by atoms with Crippen molar-refractivity contribution in [3.8, 4) is 0 Å². The van der Waals surface area contributed by atoms with Crippen molar-refractivity contribution in [3.63, 3.8) is 0 Å². The van der Waals surface area contributed by atoms with Crippen LogP contribution in [0.2, 0.25) is 0 Å². The predicted octanol–water partition coefficient (Wildman–Crippen LogP) is -0.259. The Balaban J connectivity index is 2.61. The fourth-order valence-corrected chi connectivity index (χ4v) is 5.14. The van der Waals surface area contributed by atoms with Crippen molar-refractivity contribution >= 4 is 15.2 Å². The predicted molar refractivity (Wildman–Crippen MR) is 61.5 cm³/mol. The Labute approximate surface area is 103 Å². The molecule has 0 aromatic rings. The minimum Gasteiger partial charge on any atom is -0.374 e. The summed E-state index contributed by atoms with van der Waals surface area (Å²) in [6.07, 6.45) is 1.27. The summed E-state index contributed by atoms with van der Waals surface area (Å²) in [5.74, 6) is 0. The summed E-state index contributed by atoms with van der Waals surface area (Å²) in [7, 11) is -10.8. The number of hydrogen-bond acceptors (Lipinski definition) is 4. The van der Waals surface area contributed by atoms with Crippen LogP contribution in [-0.2, 0) is 9.13 Å². The van der Waals surface area contributed by atoms with Crippen LogP contribution >= 0.6 is 15.2 Å². The van der Waals surface area contributed by atoms with Gasteiger partial charge in [-0.25, -0.2) is 0 Å². The highest BCUT2D eigenvalue weighted by molar-refractivity contribution is 7.72. The van der Waals surface area contributed by atoms with Crippen LogP contribution in [0.4, 0.5) is 0 Å². The summed E-state index contributed by atoms with van der Waals surface area (Å²) < 4.78 is 22.7. The SMILES string of the molecule is O=P(O)(O)C(O)(C1=C2CCCN2CC1)P(=O)(O)O. The van der Waals surface area contributed by atoms with E-state index in [0.717, 1.165) is 6.42 Å². The minimum absolute atomic E-state index is 0.0576. The maximum absolute atomic E-state index is 11.4. The largest absolute Gasteiger partial charge is 0.374 e. The Morgan fingerprint density at radius 3 is 2.06 bits per heavy atom. The van der Waals surface area contributed by atoms with Gasteiger partial charge in [0.05, 0.1) is 0 Å². The Kier molecular flexibility index (Phi) is 3.28. The van der Waals surface area contributed by atoms with E-state index in [1.165, 1.54) is 0 Å². The van der Waals surface area contributed by atoms with Gasteiger partial charge in [0.1, 0.15) is 0 Å². The molecule has 104 valence electrons. The van der Waals surface area contributed by atoms with Crippen molar-refractivity contribution in [1.82, 2.24) is 4.90 Å². The molecule has 0 spiro atoms. The van der Waals surface area contributed by atoms with Gasteiger partial charge in [-0.15, -0.1) is 0 Å². The molecule has 18 heavy (non-hydrogen) atoms. The van der Waals surface area contributed by atoms with Gasteiger partial charge in [-0.2, -0.15) is 0 Å². The molecule has 0 aliphatic carbocycles. The van der Waals surface area contributed by atoms with E-state index in [0.29, 0.717) is 25.2 Å². The van der Waals surface area contributed by atoms with Gasteiger partial charge in [0.25, 0.3) is 5.08 Å². The van der Waals surface area contributed by atoms with Crippen LogP contribution in [0.15, 0.2) is 11.3 Å². The zero-order valence-corrected chi connectivity index (χ0v) is 11.2. The lowest BCUT2D eigenvalue weighted by molar-refractivity contribution is 0.156. The van der Waals surface area contributed by atoms with E-state index >= 15 is 0 Å². The first kappa shape index (κ1) is 14.2. The summed E-state index contributed by atoms with van der Waals surface area (Å²) in [5, 5.41) is 6.64. The van der Waals surface area contributed by atoms with Gasteiger partial charge < -0.3 is 29.6 Å². The molecule has 1 saturated heterocycles. The summed E-state index contributed by atoms with van der Waals surface area (Å²) in [6.45, 7) is 1.10. The molecule has 10 heteroatoms. The van der Waals surface area contributed by atoms with E-state index in [-0.39, 0.29) is 12.0 Å². The maximum atomic E-state index is 11.4. The monoisotopic (exact) mass is 299 g/mol. The van der Waals surface area contributed by atoms with Crippen molar-refractivity contribution in [2.75, 3.05) is 13.1 Å². The fraction of sp³-hybridized carbons (Fsp3) is 0.750. The Morgan fingerprint density at radius 2 is 1.56 bits per heavy atom. The molecule has 5 N–H and O–H groups in total. The van der Waals surface area contributed by atoms with E-state index in [2.05, 4.69) is 0 Å². The molecule has 2 aliphatic heterocycles. The van der Waals surface area contributed by atoms with E-state index in [1.807, 2.05) is 0 Å². The van der Waals surface area contributed by atoms with Gasteiger partial charge >= 0.3 is 15.2 Å². The van der Waals surface area contributed by atoms with E-state index in [1.54, 1.807) is 4.90 Å². The van der Waals surface area contributed by atoms with Crippen LogP contribution in [0.3, 0.4) is 0 Å². The first-order valence-electron chi connectivity index (χ1n) is 5.40. The lowest BCUT2D eigenvalue weighted by Gasteiger charge is -2.31. The number of fused-ring (bicyclic) bond motifs is 1. The molecule has 0 radical (unpaired) electrons. The van der Waals surface area contributed by atoms with Gasteiger partial charge in [-0.3, -0.25) is 9.13 Å². The molecule has 1 fully saturated rings. The van der Waals surface area contributed by atoms with E-state index < -0.39 is 20.3 Å². The van der Waals surface area contributed by atoms with Gasteiger partial charge in [0.2, 0.25) is 0 Å². The van der Waals surface area contributed by atoms with Gasteiger partial charge in [-0.1, -0.05) is 0 Å². The molecule has 0 amide bonds. The Morgan fingerprint density at radius 1 is 1.00 bits per heavy atom. The van der Waals surface area contributed by atoms with Crippen LogP contribution < -0.4 is 0 Å². The van der Waals surface area contributed by atoms with Crippen molar-refractivity contribution < 1.29 is 33.8 Å². The molecule has 2 rings (SSSR count).